The predicted octanol–water partition coefficient (Wildman–Crippen LogP) is 2.31. The van der Waals surface area contributed by atoms with Crippen LogP contribution >= 0.6 is 0 Å². The van der Waals surface area contributed by atoms with E-state index in [0.29, 0.717) is 0 Å². The summed E-state index contributed by atoms with van der Waals surface area (Å²) in [4.78, 5) is 6.52. The van der Waals surface area contributed by atoms with Crippen LogP contribution in [0.25, 0.3) is 0 Å². The molecule has 0 N–H and O–H groups in total. The summed E-state index contributed by atoms with van der Waals surface area (Å²) in [5, 5.41) is 0. The maximum absolute atomic E-state index is 13.3. The highest BCUT2D eigenvalue weighted by Crippen LogP contribution is 2.48. The predicted molar refractivity (Wildman–Crippen MR) is 69.4 cm³/mol. The third-order valence-corrected chi connectivity index (χ3v) is 3.10. The van der Waals surface area contributed by atoms with Crippen molar-refractivity contribution >= 4 is 12.1 Å². The summed E-state index contributed by atoms with van der Waals surface area (Å²) in [6.45, 7) is 3.11. The monoisotopic (exact) mass is 363 g/mol. The Bertz CT molecular complexity index is 509. The van der Waals surface area contributed by atoms with Crippen molar-refractivity contribution in [1.29, 1.82) is 0 Å². The Morgan fingerprint density at radius 3 is 2.04 bits per heavy atom. The average Bonchev–Trinajstić information content (AvgIpc) is 2.44. The first-order valence-corrected chi connectivity index (χ1v) is 6.96. The second-order valence-corrected chi connectivity index (χ2v) is 5.31. The maximum Gasteiger partial charge on any atom is 0.444 e. The van der Waals surface area contributed by atoms with Gasteiger partial charge in [-0.25, -0.2) is 0 Å². The number of morpholine rings is 1. The van der Waals surface area contributed by atoms with Crippen molar-refractivity contribution in [2.75, 3.05) is 26.3 Å². The lowest BCUT2D eigenvalue weighted by Gasteiger charge is -2.37. The van der Waals surface area contributed by atoms with E-state index in [9.17, 15) is 26.3 Å². The molecule has 138 valence electrons. The number of aliphatic imine (C=N–C) groups is 2. The summed E-state index contributed by atoms with van der Waals surface area (Å²) in [7, 11) is 0. The zero-order chi connectivity index (χ0) is 18.2. The van der Waals surface area contributed by atoms with Gasteiger partial charge in [0.2, 0.25) is 0 Å². The van der Waals surface area contributed by atoms with E-state index in [1.54, 1.807) is 0 Å². The van der Waals surface area contributed by atoms with E-state index < -0.39 is 36.2 Å². The first-order chi connectivity index (χ1) is 11.0. The van der Waals surface area contributed by atoms with E-state index in [4.69, 9.17) is 14.2 Å². The van der Waals surface area contributed by atoms with Crippen LogP contribution in [0.15, 0.2) is 9.98 Å². The molecule has 24 heavy (non-hydrogen) atoms. The summed E-state index contributed by atoms with van der Waals surface area (Å²) in [5.41, 5.74) is -4.67. The van der Waals surface area contributed by atoms with Gasteiger partial charge in [-0.1, -0.05) is 0 Å². The van der Waals surface area contributed by atoms with Crippen molar-refractivity contribution in [3.8, 4) is 0 Å². The quantitative estimate of drug-likeness (QED) is 0.671. The standard InChI is InChI=1S/C12H15F6N3O3/c1-7(2)23-9-20-10(11(13,14)15,12(16,17)18)19-8(24-9)21-3-5-22-6-4-21/h7H,3-6H2,1-2H3. The van der Waals surface area contributed by atoms with Gasteiger partial charge in [-0.05, 0) is 13.8 Å². The molecule has 0 saturated carbocycles. The van der Waals surface area contributed by atoms with Crippen LogP contribution in [0.5, 0.6) is 0 Å². The first-order valence-electron chi connectivity index (χ1n) is 6.96. The molecule has 0 radical (unpaired) electrons. The van der Waals surface area contributed by atoms with Gasteiger partial charge in [-0.2, -0.15) is 36.3 Å². The van der Waals surface area contributed by atoms with Gasteiger partial charge in [-0.3, -0.25) is 0 Å². The van der Waals surface area contributed by atoms with Crippen LogP contribution in [0, 0.1) is 0 Å². The van der Waals surface area contributed by atoms with Crippen molar-refractivity contribution in [3.63, 3.8) is 0 Å². The average molecular weight is 363 g/mol. The SMILES string of the molecule is CC(C)OC1=NC(C(F)(F)F)(C(F)(F)F)N=C(N2CCOCC2)O1. The zero-order valence-corrected chi connectivity index (χ0v) is 12.7. The zero-order valence-electron chi connectivity index (χ0n) is 12.7. The topological polar surface area (TPSA) is 55.7 Å². The fourth-order valence-electron chi connectivity index (χ4n) is 1.98. The Kier molecular flexibility index (Phi) is 4.88. The fourth-order valence-corrected chi connectivity index (χ4v) is 1.98. The minimum Gasteiger partial charge on any atom is -0.448 e. The second-order valence-electron chi connectivity index (χ2n) is 5.31. The number of amidine groups is 1. The Morgan fingerprint density at radius 2 is 1.58 bits per heavy atom. The number of hydrogen-bond donors (Lipinski definition) is 0. The molecule has 0 aromatic carbocycles. The second kappa shape index (κ2) is 6.30. The van der Waals surface area contributed by atoms with Crippen LogP contribution in [0.1, 0.15) is 13.8 Å². The molecule has 2 aliphatic rings. The molecule has 0 bridgehead atoms. The van der Waals surface area contributed by atoms with E-state index in [2.05, 4.69) is 9.98 Å². The molecule has 0 aliphatic carbocycles. The van der Waals surface area contributed by atoms with Gasteiger partial charge in [0.25, 0.3) is 6.02 Å². The lowest BCUT2D eigenvalue weighted by molar-refractivity contribution is -0.294. The van der Waals surface area contributed by atoms with E-state index in [0.717, 1.165) is 4.90 Å². The molecule has 0 aromatic rings. The van der Waals surface area contributed by atoms with Crippen LogP contribution in [-0.4, -0.2) is 67.4 Å². The molecule has 1 fully saturated rings. The molecule has 0 atom stereocenters. The van der Waals surface area contributed by atoms with Gasteiger partial charge in [0.1, 0.15) is 0 Å². The normalized spacial score (nSPS) is 22.0. The number of rotatable bonds is 1. The molecule has 2 heterocycles. The Balaban J connectivity index is 2.51. The Morgan fingerprint density at radius 1 is 1.04 bits per heavy atom. The summed E-state index contributed by atoms with van der Waals surface area (Å²) in [6, 6.07) is -0.849. The van der Waals surface area contributed by atoms with Crippen LogP contribution in [0.4, 0.5) is 26.3 Å². The van der Waals surface area contributed by atoms with Gasteiger partial charge in [0.05, 0.1) is 19.3 Å². The smallest absolute Gasteiger partial charge is 0.444 e. The van der Waals surface area contributed by atoms with Crippen molar-refractivity contribution in [2.24, 2.45) is 9.98 Å². The number of alkyl halides is 6. The van der Waals surface area contributed by atoms with Crippen molar-refractivity contribution < 1.29 is 40.6 Å². The van der Waals surface area contributed by atoms with Crippen molar-refractivity contribution in [1.82, 2.24) is 4.90 Å². The molecule has 6 nitrogen and oxygen atoms in total. The van der Waals surface area contributed by atoms with Crippen LogP contribution < -0.4 is 0 Å². The fraction of sp³-hybridized carbons (Fsp3) is 0.833. The molecule has 12 heteroatoms. The lowest BCUT2D eigenvalue weighted by Crippen LogP contribution is -2.59. The van der Waals surface area contributed by atoms with E-state index in [1.165, 1.54) is 13.8 Å². The van der Waals surface area contributed by atoms with Crippen LogP contribution in [-0.2, 0) is 14.2 Å². The number of halogens is 6. The number of ether oxygens (including phenoxy) is 3. The molecule has 0 aromatic heterocycles. The molecule has 2 aliphatic heterocycles. The van der Waals surface area contributed by atoms with E-state index >= 15 is 0 Å². The minimum atomic E-state index is -5.82. The highest BCUT2D eigenvalue weighted by molar-refractivity contribution is 5.89. The minimum absolute atomic E-state index is 0.0274. The van der Waals surface area contributed by atoms with E-state index in [-0.39, 0.29) is 26.3 Å². The highest BCUT2D eigenvalue weighted by atomic mass is 19.4. The molecule has 0 amide bonds. The Labute approximate surface area is 133 Å². The highest BCUT2D eigenvalue weighted by Gasteiger charge is 2.74. The third-order valence-electron chi connectivity index (χ3n) is 3.10. The summed E-state index contributed by atoms with van der Waals surface area (Å²) in [5.74, 6) is 0. The molecular weight excluding hydrogens is 348 g/mol. The van der Waals surface area contributed by atoms with Crippen molar-refractivity contribution in [3.05, 3.63) is 0 Å². The summed E-state index contributed by atoms with van der Waals surface area (Å²) < 4.78 is 94.3. The van der Waals surface area contributed by atoms with Gasteiger partial charge in [-0.15, -0.1) is 0 Å². The molecule has 0 spiro atoms. The van der Waals surface area contributed by atoms with Gasteiger partial charge >= 0.3 is 24.1 Å². The number of nitrogens with zero attached hydrogens (tertiary/aromatic N) is 3. The van der Waals surface area contributed by atoms with Gasteiger partial charge in [0.15, 0.2) is 0 Å². The van der Waals surface area contributed by atoms with Crippen molar-refractivity contribution in [2.45, 2.75) is 38.0 Å². The first kappa shape index (κ1) is 18.6. The molecule has 0 unspecified atom stereocenters. The summed E-state index contributed by atoms with van der Waals surface area (Å²) >= 11 is 0. The molecular formula is C12H15F6N3O3. The van der Waals surface area contributed by atoms with Crippen LogP contribution in [0.2, 0.25) is 0 Å². The summed E-state index contributed by atoms with van der Waals surface area (Å²) in [6.07, 6.45) is -13.5. The largest absolute Gasteiger partial charge is 0.448 e. The van der Waals surface area contributed by atoms with Gasteiger partial charge in [0, 0.05) is 13.1 Å². The molecule has 1 saturated heterocycles. The Hall–Kier alpha value is -1.72. The van der Waals surface area contributed by atoms with Crippen LogP contribution in [0.3, 0.4) is 0 Å². The lowest BCUT2D eigenvalue weighted by atomic mass is 10.1. The third kappa shape index (κ3) is 3.52. The maximum atomic E-state index is 13.3. The van der Waals surface area contributed by atoms with Gasteiger partial charge < -0.3 is 19.1 Å². The number of hydrogen-bond acceptors (Lipinski definition) is 6. The van der Waals surface area contributed by atoms with E-state index in [1.807, 2.05) is 0 Å². The molecule has 2 rings (SSSR count).